The minimum Gasteiger partial charge on any atom is -0.321 e. The number of carbonyl (C=O) groups excluding carboxylic acids is 1. The van der Waals surface area contributed by atoms with Crippen LogP contribution in [0.5, 0.6) is 0 Å². The number of thiophene rings is 1. The highest BCUT2D eigenvalue weighted by atomic mass is 32.2. The van der Waals surface area contributed by atoms with E-state index in [0.29, 0.717) is 17.1 Å². The zero-order valence-corrected chi connectivity index (χ0v) is 20.7. The van der Waals surface area contributed by atoms with Crippen molar-refractivity contribution in [3.63, 3.8) is 0 Å². The second-order valence-electron chi connectivity index (χ2n) is 8.34. The highest BCUT2D eigenvalue weighted by Gasteiger charge is 2.32. The molecule has 0 saturated carbocycles. The van der Waals surface area contributed by atoms with Crippen molar-refractivity contribution in [3.05, 3.63) is 71.1 Å². The number of hydrogen-bond donors (Lipinski definition) is 1. The molecule has 174 valence electrons. The van der Waals surface area contributed by atoms with Crippen LogP contribution in [0, 0.1) is 0 Å². The van der Waals surface area contributed by atoms with Gasteiger partial charge in [-0.05, 0) is 67.1 Å². The Morgan fingerprint density at radius 2 is 1.79 bits per heavy atom. The second kappa shape index (κ2) is 10.2. The number of carbonyl (C=O) groups is 1. The fourth-order valence-electron chi connectivity index (χ4n) is 4.37. The van der Waals surface area contributed by atoms with E-state index >= 15 is 0 Å². The molecule has 2 aromatic carbocycles. The normalized spacial score (nSPS) is 17.1. The van der Waals surface area contributed by atoms with Gasteiger partial charge in [0.25, 0.3) is 5.91 Å². The summed E-state index contributed by atoms with van der Waals surface area (Å²) in [5.41, 5.74) is 2.83. The standard InChI is InChI=1S/C26H30N2O3S2/c1-3-19-18-24(32-25(19)20-10-6-5-7-11-20)26(29)27-21-13-15-23(16-14-21)33(30,31)28-17-9-8-12-22(28)4-2/h5-7,10-11,13-16,18,22H,3-4,8-9,12,17H2,1-2H3,(H,27,29)/t22-/m0/s1. The Bertz CT molecular complexity index is 1200. The fraction of sp³-hybridized carbons (Fsp3) is 0.346. The SMILES string of the molecule is CCc1cc(C(=O)Nc2ccc(S(=O)(=O)N3CCCC[C@@H]3CC)cc2)sc1-c1ccccc1. The molecular weight excluding hydrogens is 452 g/mol. The number of aryl methyl sites for hydroxylation is 1. The number of piperidine rings is 1. The summed E-state index contributed by atoms with van der Waals surface area (Å²) in [5.74, 6) is -0.186. The van der Waals surface area contributed by atoms with Gasteiger partial charge >= 0.3 is 0 Å². The van der Waals surface area contributed by atoms with Crippen LogP contribution >= 0.6 is 11.3 Å². The van der Waals surface area contributed by atoms with Crippen molar-refractivity contribution >= 4 is 33.0 Å². The lowest BCUT2D eigenvalue weighted by atomic mass is 10.0. The molecule has 0 aliphatic carbocycles. The first-order chi connectivity index (χ1) is 15.9. The summed E-state index contributed by atoms with van der Waals surface area (Å²) >= 11 is 1.48. The number of anilines is 1. The number of benzene rings is 2. The fourth-order valence-corrected chi connectivity index (χ4v) is 7.29. The molecule has 0 spiro atoms. The average Bonchev–Trinajstić information content (AvgIpc) is 3.30. The molecule has 3 aromatic rings. The van der Waals surface area contributed by atoms with Crippen molar-refractivity contribution in [1.29, 1.82) is 0 Å². The van der Waals surface area contributed by atoms with Gasteiger partial charge < -0.3 is 5.32 Å². The zero-order valence-electron chi connectivity index (χ0n) is 19.1. The van der Waals surface area contributed by atoms with E-state index in [2.05, 4.69) is 24.4 Å². The summed E-state index contributed by atoms with van der Waals surface area (Å²) in [6.07, 6.45) is 4.55. The number of nitrogens with zero attached hydrogens (tertiary/aromatic N) is 1. The maximum absolute atomic E-state index is 13.2. The summed E-state index contributed by atoms with van der Waals surface area (Å²) < 4.78 is 28.0. The predicted molar refractivity (Wildman–Crippen MR) is 135 cm³/mol. The Hall–Kier alpha value is -2.48. The number of rotatable bonds is 7. The molecule has 0 radical (unpaired) electrons. The Morgan fingerprint density at radius 3 is 2.45 bits per heavy atom. The van der Waals surface area contributed by atoms with Gasteiger partial charge in [0.2, 0.25) is 10.0 Å². The van der Waals surface area contributed by atoms with Crippen LogP contribution < -0.4 is 5.32 Å². The lowest BCUT2D eigenvalue weighted by molar-refractivity contribution is 0.103. The molecule has 1 amide bonds. The molecule has 0 bridgehead atoms. The molecule has 1 atom stereocenters. The van der Waals surface area contributed by atoms with Crippen molar-refractivity contribution in [2.45, 2.75) is 56.9 Å². The topological polar surface area (TPSA) is 66.5 Å². The van der Waals surface area contributed by atoms with E-state index in [4.69, 9.17) is 0 Å². The largest absolute Gasteiger partial charge is 0.321 e. The van der Waals surface area contributed by atoms with E-state index in [0.717, 1.165) is 48.1 Å². The molecule has 7 heteroatoms. The van der Waals surface area contributed by atoms with Crippen LogP contribution in [0.25, 0.3) is 10.4 Å². The van der Waals surface area contributed by atoms with Gasteiger partial charge in [-0.2, -0.15) is 4.31 Å². The molecule has 5 nitrogen and oxygen atoms in total. The number of hydrogen-bond acceptors (Lipinski definition) is 4. The van der Waals surface area contributed by atoms with E-state index in [-0.39, 0.29) is 16.8 Å². The summed E-state index contributed by atoms with van der Waals surface area (Å²) in [6, 6.07) is 18.6. The Morgan fingerprint density at radius 1 is 1.06 bits per heavy atom. The molecule has 1 aliphatic rings. The van der Waals surface area contributed by atoms with Gasteiger partial charge in [-0.15, -0.1) is 11.3 Å². The van der Waals surface area contributed by atoms with Crippen LogP contribution in [-0.4, -0.2) is 31.2 Å². The van der Waals surface area contributed by atoms with Crippen molar-refractivity contribution in [2.75, 3.05) is 11.9 Å². The minimum absolute atomic E-state index is 0.0635. The molecule has 1 N–H and O–H groups in total. The van der Waals surface area contributed by atoms with Crippen LogP contribution in [0.2, 0.25) is 0 Å². The zero-order chi connectivity index (χ0) is 23.4. The Balaban J connectivity index is 1.50. The van der Waals surface area contributed by atoms with E-state index in [1.807, 2.05) is 31.2 Å². The van der Waals surface area contributed by atoms with E-state index in [1.54, 1.807) is 28.6 Å². The highest BCUT2D eigenvalue weighted by molar-refractivity contribution is 7.89. The number of sulfonamides is 1. The van der Waals surface area contributed by atoms with E-state index in [9.17, 15) is 13.2 Å². The number of nitrogens with one attached hydrogen (secondary N) is 1. The lowest BCUT2D eigenvalue weighted by Gasteiger charge is -2.34. The first-order valence-corrected chi connectivity index (χ1v) is 13.8. The molecule has 1 saturated heterocycles. The smallest absolute Gasteiger partial charge is 0.265 e. The second-order valence-corrected chi connectivity index (χ2v) is 11.3. The van der Waals surface area contributed by atoms with Crippen LogP contribution in [0.1, 0.15) is 54.8 Å². The summed E-state index contributed by atoms with van der Waals surface area (Å²) in [6.45, 7) is 4.69. The summed E-state index contributed by atoms with van der Waals surface area (Å²) in [4.78, 5) is 14.9. The van der Waals surface area contributed by atoms with Crippen molar-refractivity contribution in [3.8, 4) is 10.4 Å². The van der Waals surface area contributed by atoms with Crippen LogP contribution in [0.4, 0.5) is 5.69 Å². The highest BCUT2D eigenvalue weighted by Crippen LogP contribution is 2.34. The summed E-state index contributed by atoms with van der Waals surface area (Å²) in [5, 5.41) is 2.92. The van der Waals surface area contributed by atoms with E-state index in [1.165, 1.54) is 11.3 Å². The summed E-state index contributed by atoms with van der Waals surface area (Å²) in [7, 11) is -3.53. The van der Waals surface area contributed by atoms with Gasteiger partial charge in [-0.25, -0.2) is 8.42 Å². The molecule has 4 rings (SSSR count). The van der Waals surface area contributed by atoms with Gasteiger partial charge in [0.15, 0.2) is 0 Å². The predicted octanol–water partition coefficient (Wildman–Crippen LogP) is 6.18. The number of amides is 1. The van der Waals surface area contributed by atoms with Gasteiger partial charge in [-0.3, -0.25) is 4.79 Å². The Kier molecular flexibility index (Phi) is 7.32. The molecule has 0 unspecified atom stereocenters. The minimum atomic E-state index is -3.53. The molecule has 1 aromatic heterocycles. The van der Waals surface area contributed by atoms with Crippen molar-refractivity contribution in [2.24, 2.45) is 0 Å². The first-order valence-electron chi connectivity index (χ1n) is 11.6. The van der Waals surface area contributed by atoms with Crippen molar-refractivity contribution in [1.82, 2.24) is 4.31 Å². The first kappa shape index (κ1) is 23.7. The molecule has 1 fully saturated rings. The van der Waals surface area contributed by atoms with Gasteiger partial charge in [-0.1, -0.05) is 50.6 Å². The van der Waals surface area contributed by atoms with E-state index < -0.39 is 10.0 Å². The molecule has 33 heavy (non-hydrogen) atoms. The third kappa shape index (κ3) is 5.05. The molecule has 1 aliphatic heterocycles. The lowest BCUT2D eigenvalue weighted by Crippen LogP contribution is -2.43. The Labute approximate surface area is 200 Å². The van der Waals surface area contributed by atoms with Crippen LogP contribution in [-0.2, 0) is 16.4 Å². The maximum atomic E-state index is 13.2. The maximum Gasteiger partial charge on any atom is 0.265 e. The monoisotopic (exact) mass is 482 g/mol. The van der Waals surface area contributed by atoms with Crippen LogP contribution in [0.15, 0.2) is 65.6 Å². The van der Waals surface area contributed by atoms with Crippen LogP contribution in [0.3, 0.4) is 0 Å². The van der Waals surface area contributed by atoms with Gasteiger partial charge in [0.1, 0.15) is 0 Å². The van der Waals surface area contributed by atoms with Gasteiger partial charge in [0.05, 0.1) is 9.77 Å². The van der Waals surface area contributed by atoms with Crippen molar-refractivity contribution < 1.29 is 13.2 Å². The third-order valence-electron chi connectivity index (χ3n) is 6.21. The quantitative estimate of drug-likeness (QED) is 0.437. The van der Waals surface area contributed by atoms with Gasteiger partial charge in [0, 0.05) is 23.2 Å². The third-order valence-corrected chi connectivity index (χ3v) is 9.40. The molecular formula is C26H30N2O3S2. The average molecular weight is 483 g/mol. The molecule has 2 heterocycles.